The minimum atomic E-state index is -0.317. The zero-order valence-electron chi connectivity index (χ0n) is 18.5. The van der Waals surface area contributed by atoms with Crippen LogP contribution in [0.15, 0.2) is 53.4 Å². The van der Waals surface area contributed by atoms with Crippen LogP contribution in [0.3, 0.4) is 0 Å². The molecule has 33 heavy (non-hydrogen) atoms. The van der Waals surface area contributed by atoms with Gasteiger partial charge in [0.2, 0.25) is 0 Å². The number of benzene rings is 1. The van der Waals surface area contributed by atoms with Crippen LogP contribution in [0.4, 0.5) is 0 Å². The Morgan fingerprint density at radius 3 is 2.82 bits per heavy atom. The molecule has 0 aliphatic heterocycles. The summed E-state index contributed by atoms with van der Waals surface area (Å²) in [5.74, 6) is 0.720. The third kappa shape index (κ3) is 5.08. The summed E-state index contributed by atoms with van der Waals surface area (Å²) < 4.78 is 0. The molecule has 170 valence electrons. The Morgan fingerprint density at radius 2 is 2.06 bits per heavy atom. The quantitative estimate of drug-likeness (QED) is 0.414. The highest BCUT2D eigenvalue weighted by Gasteiger charge is 2.22. The summed E-state index contributed by atoms with van der Waals surface area (Å²) >= 11 is 0. The number of carbonyl (C=O) groups excluding carboxylic acids is 2. The fourth-order valence-electron chi connectivity index (χ4n) is 4.06. The number of aromatic nitrogens is 3. The van der Waals surface area contributed by atoms with Crippen molar-refractivity contribution in [1.82, 2.24) is 25.6 Å². The summed E-state index contributed by atoms with van der Waals surface area (Å²) in [6.45, 7) is 0.244. The topological polar surface area (TPSA) is 138 Å². The highest BCUT2D eigenvalue weighted by molar-refractivity contribution is 6.03. The van der Waals surface area contributed by atoms with Gasteiger partial charge in [0.05, 0.1) is 11.2 Å². The number of nitrogens with two attached hydrogens (primary N) is 1. The van der Waals surface area contributed by atoms with Crippen LogP contribution in [0.5, 0.6) is 0 Å². The van der Waals surface area contributed by atoms with Gasteiger partial charge in [0, 0.05) is 43.7 Å². The molecular formula is C24H27N7O2. The van der Waals surface area contributed by atoms with E-state index in [1.807, 2.05) is 12.1 Å². The smallest absolute Gasteiger partial charge is 0.272 e. The predicted molar refractivity (Wildman–Crippen MR) is 127 cm³/mol. The number of allylic oxidation sites excluding steroid dienone is 1. The van der Waals surface area contributed by atoms with Crippen molar-refractivity contribution in [3.05, 3.63) is 71.1 Å². The number of nitrogens with zero attached hydrogens (tertiary/aromatic N) is 3. The van der Waals surface area contributed by atoms with Gasteiger partial charge >= 0.3 is 0 Å². The molecule has 9 heteroatoms. The number of carbonyl (C=O) groups is 2. The van der Waals surface area contributed by atoms with Crippen molar-refractivity contribution in [3.63, 3.8) is 0 Å². The molecule has 9 nitrogen and oxygen atoms in total. The summed E-state index contributed by atoms with van der Waals surface area (Å²) in [6.07, 6.45) is 9.00. The van der Waals surface area contributed by atoms with Crippen molar-refractivity contribution in [2.24, 2.45) is 10.7 Å². The summed E-state index contributed by atoms with van der Waals surface area (Å²) in [6, 6.07) is 8.84. The molecule has 0 radical (unpaired) electrons. The number of imidazole rings is 1. The van der Waals surface area contributed by atoms with Crippen LogP contribution in [-0.4, -0.2) is 40.0 Å². The maximum absolute atomic E-state index is 12.9. The van der Waals surface area contributed by atoms with E-state index in [0.717, 1.165) is 29.7 Å². The average Bonchev–Trinajstić information content (AvgIpc) is 3.52. The van der Waals surface area contributed by atoms with Gasteiger partial charge in [0.25, 0.3) is 11.8 Å². The Kier molecular flexibility index (Phi) is 6.77. The number of nitrogens with one attached hydrogen (secondary N) is 3. The van der Waals surface area contributed by atoms with Crippen LogP contribution in [0.2, 0.25) is 0 Å². The SMILES string of the molecule is CN=CC(=CN)NC(=O)c1cccc(CNC(=O)c2nccc3[nH]c(C4CCCC4)nc23)c1. The molecule has 1 aromatic carbocycles. The van der Waals surface area contributed by atoms with Crippen molar-refractivity contribution in [2.75, 3.05) is 7.05 Å². The molecule has 0 spiro atoms. The molecule has 2 heterocycles. The first-order valence-electron chi connectivity index (χ1n) is 11.0. The molecule has 1 aliphatic rings. The Labute approximate surface area is 191 Å². The molecule has 0 unspecified atom stereocenters. The number of rotatable bonds is 7. The van der Waals surface area contributed by atoms with E-state index in [9.17, 15) is 9.59 Å². The van der Waals surface area contributed by atoms with E-state index in [1.165, 1.54) is 25.3 Å². The lowest BCUT2D eigenvalue weighted by molar-refractivity contribution is 0.0946. The Hall–Kier alpha value is -4.01. The van der Waals surface area contributed by atoms with Crippen LogP contribution in [0, 0.1) is 0 Å². The van der Waals surface area contributed by atoms with Gasteiger partial charge < -0.3 is 21.4 Å². The molecular weight excluding hydrogens is 418 g/mol. The third-order valence-corrected chi connectivity index (χ3v) is 5.72. The molecule has 5 N–H and O–H groups in total. The van der Waals surface area contributed by atoms with E-state index >= 15 is 0 Å². The zero-order chi connectivity index (χ0) is 23.2. The van der Waals surface area contributed by atoms with Crippen molar-refractivity contribution < 1.29 is 9.59 Å². The molecule has 1 fully saturated rings. The summed E-state index contributed by atoms with van der Waals surface area (Å²) in [4.78, 5) is 41.6. The van der Waals surface area contributed by atoms with Crippen LogP contribution in [-0.2, 0) is 6.54 Å². The lowest BCUT2D eigenvalue weighted by atomic mass is 10.1. The van der Waals surface area contributed by atoms with E-state index in [4.69, 9.17) is 10.7 Å². The molecule has 0 saturated heterocycles. The number of aliphatic imine (C=N–C) groups is 1. The summed E-state index contributed by atoms with van der Waals surface area (Å²) in [5.41, 5.74) is 8.81. The van der Waals surface area contributed by atoms with E-state index < -0.39 is 0 Å². The van der Waals surface area contributed by atoms with Gasteiger partial charge in [0.15, 0.2) is 5.69 Å². The fourth-order valence-corrected chi connectivity index (χ4v) is 4.06. The van der Waals surface area contributed by atoms with Crippen LogP contribution < -0.4 is 16.4 Å². The number of hydrogen-bond donors (Lipinski definition) is 4. The molecule has 1 saturated carbocycles. The first-order chi connectivity index (χ1) is 16.1. The van der Waals surface area contributed by atoms with Gasteiger partial charge in [-0.1, -0.05) is 25.0 Å². The molecule has 4 rings (SSSR count). The van der Waals surface area contributed by atoms with Gasteiger partial charge in [-0.05, 0) is 36.6 Å². The molecule has 2 aromatic heterocycles. The van der Waals surface area contributed by atoms with Crippen LogP contribution in [0.25, 0.3) is 11.0 Å². The Morgan fingerprint density at radius 1 is 1.24 bits per heavy atom. The molecule has 3 aromatic rings. The second-order valence-electron chi connectivity index (χ2n) is 8.01. The maximum Gasteiger partial charge on any atom is 0.272 e. The molecule has 2 amide bonds. The van der Waals surface area contributed by atoms with Crippen molar-refractivity contribution in [2.45, 2.75) is 38.1 Å². The van der Waals surface area contributed by atoms with E-state index in [0.29, 0.717) is 28.4 Å². The van der Waals surface area contributed by atoms with E-state index in [2.05, 4.69) is 25.6 Å². The van der Waals surface area contributed by atoms with Gasteiger partial charge in [-0.25, -0.2) is 9.97 Å². The van der Waals surface area contributed by atoms with Crippen molar-refractivity contribution in [3.8, 4) is 0 Å². The van der Waals surface area contributed by atoms with Crippen molar-refractivity contribution >= 4 is 29.1 Å². The number of aromatic amines is 1. The third-order valence-electron chi connectivity index (χ3n) is 5.72. The largest absolute Gasteiger partial charge is 0.403 e. The Balaban J connectivity index is 1.45. The first-order valence-corrected chi connectivity index (χ1v) is 11.0. The first kappa shape index (κ1) is 22.2. The number of amides is 2. The van der Waals surface area contributed by atoms with Gasteiger partial charge in [-0.15, -0.1) is 0 Å². The number of hydrogen-bond acceptors (Lipinski definition) is 6. The summed E-state index contributed by atoms with van der Waals surface area (Å²) in [7, 11) is 1.59. The second-order valence-corrected chi connectivity index (χ2v) is 8.01. The van der Waals surface area contributed by atoms with Crippen LogP contribution in [0.1, 0.15) is 63.8 Å². The standard InChI is InChI=1S/C24H27N7O2/c1-26-14-18(12-25)29-23(32)17-8-4-5-15(11-17)13-28-24(33)21-20-19(9-10-27-21)30-22(31-20)16-6-2-3-7-16/h4-5,8-12,14,16H,2-3,6-7,13,25H2,1H3,(H,28,33)(H,29,32)(H,30,31). The van der Waals surface area contributed by atoms with E-state index in [1.54, 1.807) is 31.4 Å². The minimum Gasteiger partial charge on any atom is -0.403 e. The second kappa shape index (κ2) is 10.1. The number of H-pyrrole nitrogens is 1. The maximum atomic E-state index is 12.9. The minimum absolute atomic E-state index is 0.244. The van der Waals surface area contributed by atoms with Crippen LogP contribution >= 0.6 is 0 Å². The lowest BCUT2D eigenvalue weighted by Gasteiger charge is -2.08. The van der Waals surface area contributed by atoms with Gasteiger partial charge in [-0.3, -0.25) is 14.6 Å². The highest BCUT2D eigenvalue weighted by atomic mass is 16.2. The number of pyridine rings is 1. The predicted octanol–water partition coefficient (Wildman–Crippen LogP) is 2.78. The zero-order valence-corrected chi connectivity index (χ0v) is 18.5. The van der Waals surface area contributed by atoms with Crippen molar-refractivity contribution in [1.29, 1.82) is 0 Å². The van der Waals surface area contributed by atoms with Gasteiger partial charge in [0.1, 0.15) is 11.3 Å². The lowest BCUT2D eigenvalue weighted by Crippen LogP contribution is -2.26. The monoisotopic (exact) mass is 445 g/mol. The average molecular weight is 446 g/mol. The molecule has 0 bridgehead atoms. The summed E-state index contributed by atoms with van der Waals surface area (Å²) in [5, 5.41) is 5.57. The molecule has 0 atom stereocenters. The highest BCUT2D eigenvalue weighted by Crippen LogP contribution is 2.33. The Bertz CT molecular complexity index is 1220. The fraction of sp³-hybridized carbons (Fsp3) is 0.292. The normalized spacial score (nSPS) is 14.8. The van der Waals surface area contributed by atoms with E-state index in [-0.39, 0.29) is 18.4 Å². The number of fused-ring (bicyclic) bond motifs is 1. The molecule has 1 aliphatic carbocycles. The van der Waals surface area contributed by atoms with Gasteiger partial charge in [-0.2, -0.15) is 0 Å².